The quantitative estimate of drug-likeness (QED) is 0.547. The van der Waals surface area contributed by atoms with Crippen LogP contribution in [0.4, 0.5) is 10.1 Å². The Hall–Kier alpha value is -2.93. The number of Topliss-reactive ketones (excluding diaryl/α,β-unsaturated/α-hetero) is 1. The first-order valence-corrected chi connectivity index (χ1v) is 8.37. The lowest BCUT2D eigenvalue weighted by Crippen LogP contribution is -2.22. The molecule has 142 valence electrons. The van der Waals surface area contributed by atoms with Crippen LogP contribution in [-0.4, -0.2) is 30.9 Å². The van der Waals surface area contributed by atoms with E-state index in [2.05, 4.69) is 5.32 Å². The van der Waals surface area contributed by atoms with Crippen LogP contribution in [0.5, 0.6) is 5.75 Å². The summed E-state index contributed by atoms with van der Waals surface area (Å²) in [7, 11) is 0. The van der Waals surface area contributed by atoms with Gasteiger partial charge in [0.25, 0.3) is 5.91 Å². The van der Waals surface area contributed by atoms with Crippen LogP contribution in [0.1, 0.15) is 23.7 Å². The van der Waals surface area contributed by atoms with Crippen LogP contribution in [0.3, 0.4) is 0 Å². The predicted molar refractivity (Wildman–Crippen MR) is 97.6 cm³/mol. The first-order valence-electron chi connectivity index (χ1n) is 7.99. The number of halogens is 2. The lowest BCUT2D eigenvalue weighted by Gasteiger charge is -2.09. The van der Waals surface area contributed by atoms with Gasteiger partial charge in [-0.2, -0.15) is 0 Å². The Labute approximate surface area is 160 Å². The fourth-order valence-electron chi connectivity index (χ4n) is 2.04. The Kier molecular flexibility index (Phi) is 7.31. The van der Waals surface area contributed by atoms with Gasteiger partial charge in [-0.3, -0.25) is 14.4 Å². The van der Waals surface area contributed by atoms with Crippen molar-refractivity contribution in [2.75, 3.05) is 18.5 Å². The van der Waals surface area contributed by atoms with Crippen molar-refractivity contribution in [3.05, 3.63) is 58.9 Å². The maximum atomic E-state index is 13.5. The van der Waals surface area contributed by atoms with Crippen molar-refractivity contribution in [1.82, 2.24) is 0 Å². The van der Waals surface area contributed by atoms with Gasteiger partial charge in [0.15, 0.2) is 12.4 Å². The second-order valence-corrected chi connectivity index (χ2v) is 5.95. The highest BCUT2D eigenvalue weighted by atomic mass is 35.5. The minimum atomic E-state index is -0.690. The van der Waals surface area contributed by atoms with Gasteiger partial charge in [-0.15, -0.1) is 0 Å². The van der Waals surface area contributed by atoms with Gasteiger partial charge in [0.2, 0.25) is 0 Å². The van der Waals surface area contributed by atoms with Crippen LogP contribution >= 0.6 is 11.6 Å². The van der Waals surface area contributed by atoms with E-state index in [-0.39, 0.29) is 29.5 Å². The Morgan fingerprint density at radius 2 is 1.81 bits per heavy atom. The SMILES string of the molecule is CC(=O)c1ccc(OCCC(=O)OCC(=O)Nc2cc(Cl)ccc2F)cc1. The van der Waals surface area contributed by atoms with Crippen molar-refractivity contribution in [1.29, 1.82) is 0 Å². The number of hydrogen-bond donors (Lipinski definition) is 1. The molecular weight excluding hydrogens is 377 g/mol. The van der Waals surface area contributed by atoms with Crippen molar-refractivity contribution >= 4 is 34.9 Å². The zero-order valence-electron chi connectivity index (χ0n) is 14.5. The van der Waals surface area contributed by atoms with Gasteiger partial charge in [0, 0.05) is 10.6 Å². The average molecular weight is 394 g/mol. The molecule has 2 aromatic rings. The van der Waals surface area contributed by atoms with Crippen molar-refractivity contribution in [3.8, 4) is 5.75 Å². The van der Waals surface area contributed by atoms with Crippen molar-refractivity contribution in [2.24, 2.45) is 0 Å². The largest absolute Gasteiger partial charge is 0.493 e. The molecule has 0 bridgehead atoms. The maximum absolute atomic E-state index is 13.5. The Morgan fingerprint density at radius 1 is 1.11 bits per heavy atom. The molecule has 0 radical (unpaired) electrons. The Morgan fingerprint density at radius 3 is 2.48 bits per heavy atom. The normalized spacial score (nSPS) is 10.2. The first kappa shape index (κ1) is 20.4. The fraction of sp³-hybridized carbons (Fsp3) is 0.211. The molecule has 0 heterocycles. The number of esters is 1. The smallest absolute Gasteiger partial charge is 0.309 e. The molecule has 2 aromatic carbocycles. The molecule has 0 atom stereocenters. The number of amides is 1. The lowest BCUT2D eigenvalue weighted by atomic mass is 10.1. The summed E-state index contributed by atoms with van der Waals surface area (Å²) in [6.45, 7) is 0.948. The van der Waals surface area contributed by atoms with Crippen molar-refractivity contribution in [3.63, 3.8) is 0 Å². The fourth-order valence-corrected chi connectivity index (χ4v) is 2.21. The summed E-state index contributed by atoms with van der Waals surface area (Å²) >= 11 is 5.73. The number of ether oxygens (including phenoxy) is 2. The Balaban J connectivity index is 1.70. The molecule has 2 rings (SSSR count). The van der Waals surface area contributed by atoms with Gasteiger partial charge in [0.1, 0.15) is 11.6 Å². The van der Waals surface area contributed by atoms with Gasteiger partial charge in [-0.25, -0.2) is 4.39 Å². The molecule has 27 heavy (non-hydrogen) atoms. The summed E-state index contributed by atoms with van der Waals surface area (Å²) in [5.41, 5.74) is 0.463. The number of anilines is 1. The van der Waals surface area contributed by atoms with Gasteiger partial charge in [-0.1, -0.05) is 11.6 Å². The van der Waals surface area contributed by atoms with Gasteiger partial charge >= 0.3 is 5.97 Å². The summed E-state index contributed by atoms with van der Waals surface area (Å²) < 4.78 is 23.7. The van der Waals surface area contributed by atoms with Crippen molar-refractivity contribution < 1.29 is 28.2 Å². The predicted octanol–water partition coefficient (Wildman–Crippen LogP) is 3.63. The summed E-state index contributed by atoms with van der Waals surface area (Å²) in [4.78, 5) is 34.5. The third kappa shape index (κ3) is 6.71. The van der Waals surface area contributed by atoms with E-state index in [0.29, 0.717) is 11.3 Å². The van der Waals surface area contributed by atoms with E-state index in [1.165, 1.54) is 19.1 Å². The molecular formula is C19H17ClFNO5. The van der Waals surface area contributed by atoms with E-state index in [1.54, 1.807) is 24.3 Å². The molecule has 0 saturated heterocycles. The summed E-state index contributed by atoms with van der Waals surface area (Å²) in [5.74, 6) is -1.53. The number of rotatable bonds is 8. The second-order valence-electron chi connectivity index (χ2n) is 5.51. The second kappa shape index (κ2) is 9.68. The molecule has 0 fully saturated rings. The molecule has 0 saturated carbocycles. The molecule has 0 spiro atoms. The average Bonchev–Trinajstić information content (AvgIpc) is 2.63. The highest BCUT2D eigenvalue weighted by Crippen LogP contribution is 2.19. The molecule has 0 aromatic heterocycles. The molecule has 0 unspecified atom stereocenters. The van der Waals surface area contributed by atoms with Crippen LogP contribution in [-0.2, 0) is 14.3 Å². The number of ketones is 1. The van der Waals surface area contributed by atoms with E-state index in [1.807, 2.05) is 0 Å². The van der Waals surface area contributed by atoms with Crippen LogP contribution in [0.15, 0.2) is 42.5 Å². The summed E-state index contributed by atoms with van der Waals surface area (Å²) in [5, 5.41) is 2.53. The van der Waals surface area contributed by atoms with E-state index < -0.39 is 24.3 Å². The van der Waals surface area contributed by atoms with Crippen LogP contribution in [0, 0.1) is 5.82 Å². The number of carbonyl (C=O) groups is 3. The van der Waals surface area contributed by atoms with Gasteiger partial charge < -0.3 is 14.8 Å². The number of benzene rings is 2. The standard InChI is InChI=1S/C19H17ClFNO5/c1-12(23)13-2-5-15(6-3-13)26-9-8-19(25)27-11-18(24)22-17-10-14(20)4-7-16(17)21/h2-7,10H,8-9,11H2,1H3,(H,22,24). The van der Waals surface area contributed by atoms with E-state index in [9.17, 15) is 18.8 Å². The van der Waals surface area contributed by atoms with Gasteiger partial charge in [-0.05, 0) is 49.4 Å². The van der Waals surface area contributed by atoms with Gasteiger partial charge in [0.05, 0.1) is 18.7 Å². The van der Waals surface area contributed by atoms with E-state index in [0.717, 1.165) is 6.07 Å². The third-order valence-electron chi connectivity index (χ3n) is 3.40. The zero-order valence-corrected chi connectivity index (χ0v) is 15.2. The first-order chi connectivity index (χ1) is 12.8. The highest BCUT2D eigenvalue weighted by molar-refractivity contribution is 6.30. The molecule has 6 nitrogen and oxygen atoms in total. The number of nitrogens with one attached hydrogen (secondary N) is 1. The van der Waals surface area contributed by atoms with Crippen LogP contribution in [0.2, 0.25) is 5.02 Å². The van der Waals surface area contributed by atoms with Crippen LogP contribution < -0.4 is 10.1 Å². The topological polar surface area (TPSA) is 81.7 Å². The molecule has 1 amide bonds. The lowest BCUT2D eigenvalue weighted by molar-refractivity contribution is -0.147. The molecule has 0 aliphatic heterocycles. The molecule has 0 aliphatic rings. The highest BCUT2D eigenvalue weighted by Gasteiger charge is 2.11. The number of carbonyl (C=O) groups excluding carboxylic acids is 3. The zero-order chi connectivity index (χ0) is 19.8. The maximum Gasteiger partial charge on any atom is 0.309 e. The van der Waals surface area contributed by atoms with Crippen LogP contribution in [0.25, 0.3) is 0 Å². The summed E-state index contributed by atoms with van der Waals surface area (Å²) in [6.07, 6.45) is -0.0761. The monoisotopic (exact) mass is 393 g/mol. The minimum Gasteiger partial charge on any atom is -0.493 e. The molecule has 8 heteroatoms. The minimum absolute atomic E-state index is 0.0444. The Bertz CT molecular complexity index is 838. The molecule has 0 aliphatic carbocycles. The van der Waals surface area contributed by atoms with Crippen molar-refractivity contribution in [2.45, 2.75) is 13.3 Å². The molecule has 1 N–H and O–H groups in total. The van der Waals surface area contributed by atoms with E-state index in [4.69, 9.17) is 21.1 Å². The third-order valence-corrected chi connectivity index (χ3v) is 3.64. The number of hydrogen-bond acceptors (Lipinski definition) is 5. The summed E-state index contributed by atoms with van der Waals surface area (Å²) in [6, 6.07) is 10.2. The van der Waals surface area contributed by atoms with E-state index >= 15 is 0 Å².